The van der Waals surface area contributed by atoms with Crippen LogP contribution in [-0.2, 0) is 23.1 Å². The van der Waals surface area contributed by atoms with Crippen LogP contribution in [0.1, 0.15) is 128 Å². The van der Waals surface area contributed by atoms with E-state index in [4.69, 9.17) is 18.5 Å². The van der Waals surface area contributed by atoms with E-state index in [0.717, 1.165) is 0 Å². The first-order valence-corrected chi connectivity index (χ1v) is 27.5. The van der Waals surface area contributed by atoms with Crippen molar-refractivity contribution < 1.29 is 182 Å². The number of likely N-dealkylation sites (N-methyl/N-ethyl adjacent to an activating group) is 1. The van der Waals surface area contributed by atoms with Crippen molar-refractivity contribution in [3.63, 3.8) is 0 Å². The summed E-state index contributed by atoms with van der Waals surface area (Å²) in [6, 6.07) is 0. The lowest BCUT2D eigenvalue weighted by Gasteiger charge is -2.42. The van der Waals surface area contributed by atoms with E-state index in [2.05, 4.69) is 0 Å². The van der Waals surface area contributed by atoms with Crippen LogP contribution in [0.25, 0.3) is 0 Å². The van der Waals surface area contributed by atoms with Crippen molar-refractivity contribution in [1.82, 2.24) is 0 Å². The molecule has 0 N–H and O–H groups in total. The lowest BCUT2D eigenvalue weighted by molar-refractivity contribution is -0.870. The molecule has 0 aliphatic rings. The Hall–Kier alpha value is -2.39. The number of hydrogen-bond acceptors (Lipinski definition) is 6. The number of phosphoric acid groups is 1. The summed E-state index contributed by atoms with van der Waals surface area (Å²) in [5.74, 6) is -113. The number of alkyl halides is 34. The predicted molar refractivity (Wildman–Crippen MR) is 237 cm³/mol. The largest absolute Gasteiger partial charge is 0.756 e. The maximum Gasteiger partial charge on any atom is 0.460 e. The fraction of sp³-hybridized carbons (Fsp3) is 1.00. The van der Waals surface area contributed by atoms with Gasteiger partial charge in [-0.25, -0.2) is 0 Å². The van der Waals surface area contributed by atoms with Crippen LogP contribution in [-0.4, -0.2) is 167 Å². The Balaban J connectivity index is 5.09. The molecular formula is C46H62F34NO6P. The third-order valence-electron chi connectivity index (χ3n) is 13.1. The third-order valence-corrected chi connectivity index (χ3v) is 14.0. The van der Waals surface area contributed by atoms with Gasteiger partial charge in [-0.3, -0.25) is 4.57 Å². The van der Waals surface area contributed by atoms with Gasteiger partial charge in [0, 0.05) is 26.1 Å². The van der Waals surface area contributed by atoms with Gasteiger partial charge in [-0.15, -0.1) is 0 Å². The van der Waals surface area contributed by atoms with Gasteiger partial charge in [0.1, 0.15) is 19.3 Å². The number of rotatable bonds is 46. The number of phosphoric ester groups is 1. The molecule has 42 heteroatoms. The molecule has 7 nitrogen and oxygen atoms in total. The second-order valence-corrected chi connectivity index (χ2v) is 22.7. The van der Waals surface area contributed by atoms with Crippen molar-refractivity contribution in [2.24, 2.45) is 0 Å². The molecule has 0 amide bonds. The third kappa shape index (κ3) is 19.6. The molecule has 0 aromatic carbocycles. The quantitative estimate of drug-likeness (QED) is 0.0262. The van der Waals surface area contributed by atoms with E-state index in [0.29, 0.717) is 55.8 Å². The molecule has 0 aliphatic heterocycles. The molecule has 0 heterocycles. The maximum atomic E-state index is 14.2. The molecule has 0 spiro atoms. The van der Waals surface area contributed by atoms with Crippen molar-refractivity contribution in [2.75, 3.05) is 60.7 Å². The van der Waals surface area contributed by atoms with E-state index >= 15 is 0 Å². The molecule has 1 unspecified atom stereocenters. The van der Waals surface area contributed by atoms with E-state index in [1.54, 1.807) is 21.1 Å². The van der Waals surface area contributed by atoms with Crippen molar-refractivity contribution in [2.45, 2.75) is 230 Å². The summed E-state index contributed by atoms with van der Waals surface area (Å²) in [7, 11) is 0.286. The molecule has 0 saturated heterocycles. The van der Waals surface area contributed by atoms with Crippen molar-refractivity contribution >= 4 is 7.82 Å². The lowest BCUT2D eigenvalue weighted by atomic mass is 9.87. The summed E-state index contributed by atoms with van der Waals surface area (Å²) in [5, 5.41) is 0. The van der Waals surface area contributed by atoms with E-state index < -0.39 is 154 Å². The first-order chi connectivity index (χ1) is 39.0. The summed E-state index contributed by atoms with van der Waals surface area (Å²) in [6.45, 7) is -0.962. The average Bonchev–Trinajstić information content (AvgIpc) is 0.718. The second kappa shape index (κ2) is 30.8. The molecule has 0 radical (unpaired) electrons. The zero-order chi connectivity index (χ0) is 69.8. The molecule has 0 aromatic rings. The Morgan fingerprint density at radius 1 is 0.318 bits per heavy atom. The van der Waals surface area contributed by atoms with Gasteiger partial charge in [-0.05, 0) is 25.7 Å². The highest BCUT2D eigenvalue weighted by atomic mass is 31.2. The zero-order valence-corrected chi connectivity index (χ0v) is 47.1. The summed E-state index contributed by atoms with van der Waals surface area (Å²) in [5.41, 5.74) is 0. The van der Waals surface area contributed by atoms with Crippen molar-refractivity contribution in [3.05, 3.63) is 0 Å². The zero-order valence-electron chi connectivity index (χ0n) is 46.2. The second-order valence-electron chi connectivity index (χ2n) is 21.3. The molecule has 0 bridgehead atoms. The molecule has 0 aromatic heterocycles. The highest BCUT2D eigenvalue weighted by molar-refractivity contribution is 7.45. The highest BCUT2D eigenvalue weighted by Crippen LogP contribution is 2.66. The Morgan fingerprint density at radius 2 is 0.568 bits per heavy atom. The van der Waals surface area contributed by atoms with Crippen LogP contribution in [0, 0.1) is 0 Å². The SMILES string of the molecule is C[N+](C)(C)CCOP(=O)([O-])OC[C@@H](COCCCCCCCCCCCC(F)(F)C(F)(F)C(F)(F)C(F)(F)C(F)(F)C(F)(F)C(F)(F)C(F)(F)F)OCCCCCCCCCCCC(F)(F)C(F)(F)C(F)(F)C(F)(F)C(F)(F)C(F)(F)C(F)(F)C(F)(F)F. The molecule has 0 fully saturated rings. The van der Waals surface area contributed by atoms with E-state index in [1.165, 1.54) is 0 Å². The van der Waals surface area contributed by atoms with Gasteiger partial charge in [0.05, 0.1) is 34.4 Å². The number of nitrogens with zero attached hydrogens (tertiary/aromatic N) is 1. The molecule has 0 rings (SSSR count). The van der Waals surface area contributed by atoms with Crippen LogP contribution >= 0.6 is 7.82 Å². The van der Waals surface area contributed by atoms with Crippen LogP contribution in [0.4, 0.5) is 149 Å². The minimum absolute atomic E-state index is 0.0244. The fourth-order valence-corrected chi connectivity index (χ4v) is 8.16. The lowest BCUT2D eigenvalue weighted by Crippen LogP contribution is -2.74. The smallest absolute Gasteiger partial charge is 0.460 e. The van der Waals surface area contributed by atoms with Gasteiger partial charge in [0.2, 0.25) is 0 Å². The summed E-state index contributed by atoms with van der Waals surface area (Å²) >= 11 is 0. The Morgan fingerprint density at radius 3 is 0.852 bits per heavy atom. The Bertz CT molecular complexity index is 2120. The van der Waals surface area contributed by atoms with Crippen LogP contribution in [0.5, 0.6) is 0 Å². The van der Waals surface area contributed by atoms with Gasteiger partial charge in [0.15, 0.2) is 0 Å². The maximum absolute atomic E-state index is 14.2. The number of ether oxygens (including phenoxy) is 2. The van der Waals surface area contributed by atoms with Crippen molar-refractivity contribution in [3.8, 4) is 0 Å². The summed E-state index contributed by atoms with van der Waals surface area (Å²) in [6.07, 6.45) is -21.8. The molecule has 530 valence electrons. The van der Waals surface area contributed by atoms with Crippen LogP contribution in [0.2, 0.25) is 0 Å². The van der Waals surface area contributed by atoms with Crippen LogP contribution in [0.15, 0.2) is 0 Å². The molecule has 88 heavy (non-hydrogen) atoms. The summed E-state index contributed by atoms with van der Waals surface area (Å²) in [4.78, 5) is 12.3. The first-order valence-electron chi connectivity index (χ1n) is 26.0. The minimum atomic E-state index is -8.71. The minimum Gasteiger partial charge on any atom is -0.756 e. The Labute approximate surface area is 480 Å². The number of quaternary nitrogens is 1. The Kier molecular flexibility index (Phi) is 29.9. The van der Waals surface area contributed by atoms with Crippen LogP contribution in [0.3, 0.4) is 0 Å². The number of unbranched alkanes of at least 4 members (excludes halogenated alkanes) is 16. The predicted octanol–water partition coefficient (Wildman–Crippen LogP) is 18.4. The molecular weight excluding hydrogens is 1340 g/mol. The summed E-state index contributed by atoms with van der Waals surface area (Å²) < 4.78 is 492. The average molecular weight is 1400 g/mol. The molecule has 0 saturated carbocycles. The molecule has 0 aliphatic carbocycles. The molecule has 2 atom stereocenters. The van der Waals surface area contributed by atoms with E-state index in [9.17, 15) is 159 Å². The standard InChI is InChI=1S/C46H62F34NO6P/c1-81(2,3)24-27-86-88(82,83)87-29-30(85-26-21-17-13-9-5-7-11-15-19-23-32(49,50)34(53,54)36(57,58)38(61,62)40(65,66)42(69,70)44(73,74)46(78,79)80)28-84-25-20-16-12-8-4-6-10-14-18-22-31(47,48)33(51,52)35(55,56)37(59,60)39(63,64)41(67,68)43(71,72)45(75,76)77/h30H,4-29H2,1-3H3/t30-/m1/s1. The van der Waals surface area contributed by atoms with Gasteiger partial charge in [-0.2, -0.15) is 149 Å². The van der Waals surface area contributed by atoms with Gasteiger partial charge in [0.25, 0.3) is 7.82 Å². The van der Waals surface area contributed by atoms with Crippen LogP contribution < -0.4 is 4.89 Å². The van der Waals surface area contributed by atoms with Crippen molar-refractivity contribution in [1.29, 1.82) is 0 Å². The number of halogens is 34. The highest BCUT2D eigenvalue weighted by Gasteiger charge is 2.97. The van der Waals surface area contributed by atoms with Gasteiger partial charge >= 0.3 is 95.3 Å². The first kappa shape index (κ1) is 85.6. The van der Waals surface area contributed by atoms with E-state index in [-0.39, 0.29) is 71.5 Å². The van der Waals surface area contributed by atoms with Gasteiger partial charge < -0.3 is 27.9 Å². The fourth-order valence-electron chi connectivity index (χ4n) is 7.43. The topological polar surface area (TPSA) is 77.1 Å². The van der Waals surface area contributed by atoms with E-state index in [1.807, 2.05) is 0 Å². The monoisotopic (exact) mass is 1400 g/mol. The normalized spacial score (nSPS) is 16.4. The number of hydrogen-bond donors (Lipinski definition) is 0. The van der Waals surface area contributed by atoms with Gasteiger partial charge in [-0.1, -0.05) is 89.9 Å².